The van der Waals surface area contributed by atoms with Crippen molar-refractivity contribution in [3.8, 4) is 0 Å². The highest BCUT2D eigenvalue weighted by Gasteiger charge is 2.42. The summed E-state index contributed by atoms with van der Waals surface area (Å²) < 4.78 is 6.39. The van der Waals surface area contributed by atoms with Crippen molar-refractivity contribution in [1.29, 1.82) is 0 Å². The van der Waals surface area contributed by atoms with E-state index >= 15 is 0 Å². The second kappa shape index (κ2) is 8.17. The number of morpholine rings is 1. The molecule has 2 aliphatic rings. The summed E-state index contributed by atoms with van der Waals surface area (Å²) >= 11 is 9.60. The summed E-state index contributed by atoms with van der Waals surface area (Å²) in [5, 5.41) is 3.66. The van der Waals surface area contributed by atoms with Crippen LogP contribution in [0.4, 0.5) is 0 Å². The molecule has 0 atom stereocenters. The van der Waals surface area contributed by atoms with Crippen molar-refractivity contribution in [3.05, 3.63) is 33.3 Å². The van der Waals surface area contributed by atoms with Crippen molar-refractivity contribution in [2.75, 3.05) is 32.8 Å². The molecule has 0 radical (unpaired) electrons. The summed E-state index contributed by atoms with van der Waals surface area (Å²) in [5.41, 5.74) is 0.685. The van der Waals surface area contributed by atoms with Gasteiger partial charge in [0.15, 0.2) is 0 Å². The Labute approximate surface area is 157 Å². The predicted octanol–water partition coefficient (Wildman–Crippen LogP) is 2.45. The third-order valence-corrected chi connectivity index (χ3v) is 6.24. The van der Waals surface area contributed by atoms with Crippen LogP contribution in [0.1, 0.15) is 42.5 Å². The molecule has 3 rings (SSSR count). The predicted molar refractivity (Wildman–Crippen MR) is 98.8 cm³/mol. The van der Waals surface area contributed by atoms with E-state index in [1.54, 1.807) is 17.0 Å². The van der Waals surface area contributed by atoms with E-state index in [9.17, 15) is 4.79 Å². The Hall–Kier alpha value is -0.620. The number of halogens is 2. The standard InChI is InChI=1S/C18H24BrClN2O2/c19-14-4-5-16(20)15(12-14)17(23)21-13-18(6-2-1-3-7-18)22-8-10-24-11-9-22/h4-5,12H,1-3,6-11,13H2,(H,21,23)/p+1. The van der Waals surface area contributed by atoms with Crippen LogP contribution in [-0.4, -0.2) is 44.3 Å². The molecular weight excluding hydrogens is 392 g/mol. The maximum Gasteiger partial charge on any atom is 0.253 e. The Morgan fingerprint density at radius 1 is 1.25 bits per heavy atom. The fraction of sp³-hybridized carbons (Fsp3) is 0.611. The smallest absolute Gasteiger partial charge is 0.253 e. The van der Waals surface area contributed by atoms with Crippen LogP contribution in [0.5, 0.6) is 0 Å². The summed E-state index contributed by atoms with van der Waals surface area (Å²) in [6, 6.07) is 5.39. The van der Waals surface area contributed by atoms with Gasteiger partial charge in [0.2, 0.25) is 0 Å². The zero-order valence-corrected chi connectivity index (χ0v) is 16.2. The largest absolute Gasteiger partial charge is 0.370 e. The molecule has 1 aliphatic carbocycles. The SMILES string of the molecule is O=C(NCC1([NH+]2CCOCC2)CCCCC1)c1cc(Br)ccc1Cl. The van der Waals surface area contributed by atoms with Crippen LogP contribution in [0.15, 0.2) is 22.7 Å². The highest BCUT2D eigenvalue weighted by atomic mass is 79.9. The van der Waals surface area contributed by atoms with Gasteiger partial charge in [-0.3, -0.25) is 4.79 Å². The van der Waals surface area contributed by atoms with Crippen molar-refractivity contribution in [2.24, 2.45) is 0 Å². The number of carbonyl (C=O) groups excluding carboxylic acids is 1. The molecule has 0 spiro atoms. The Bertz CT molecular complexity index is 584. The van der Waals surface area contributed by atoms with Crippen molar-refractivity contribution < 1.29 is 14.4 Å². The lowest BCUT2D eigenvalue weighted by atomic mass is 9.79. The number of ether oxygens (including phenoxy) is 1. The molecule has 6 heteroatoms. The van der Waals surface area contributed by atoms with Gasteiger partial charge in [0.1, 0.15) is 18.6 Å². The van der Waals surface area contributed by atoms with Crippen LogP contribution in [0.3, 0.4) is 0 Å². The molecule has 4 nitrogen and oxygen atoms in total. The average molecular weight is 417 g/mol. The first-order valence-corrected chi connectivity index (χ1v) is 9.94. The minimum absolute atomic E-state index is 0.0843. The normalized spacial score (nSPS) is 21.4. The van der Waals surface area contributed by atoms with Crippen LogP contribution in [0, 0.1) is 0 Å². The van der Waals surface area contributed by atoms with Crippen LogP contribution < -0.4 is 10.2 Å². The summed E-state index contributed by atoms with van der Waals surface area (Å²) in [5.74, 6) is -0.0843. The van der Waals surface area contributed by atoms with Gasteiger partial charge in [0.25, 0.3) is 5.91 Å². The zero-order chi connectivity index (χ0) is 17.0. The lowest BCUT2D eigenvalue weighted by Gasteiger charge is -2.45. The quantitative estimate of drug-likeness (QED) is 0.792. The first-order chi connectivity index (χ1) is 11.6. The third kappa shape index (κ3) is 4.13. The molecule has 132 valence electrons. The highest BCUT2D eigenvalue weighted by molar-refractivity contribution is 9.10. The van der Waals surface area contributed by atoms with Gasteiger partial charge in [-0.05, 0) is 31.0 Å². The number of nitrogens with one attached hydrogen (secondary N) is 2. The van der Waals surface area contributed by atoms with Gasteiger partial charge in [-0.15, -0.1) is 0 Å². The summed E-state index contributed by atoms with van der Waals surface area (Å²) in [6.45, 7) is 4.43. The fourth-order valence-electron chi connectivity index (χ4n) is 4.05. The van der Waals surface area contributed by atoms with Crippen LogP contribution in [0.2, 0.25) is 5.02 Å². The molecule has 1 heterocycles. The molecule has 1 aromatic carbocycles. The Morgan fingerprint density at radius 2 is 1.96 bits per heavy atom. The molecule has 24 heavy (non-hydrogen) atoms. The number of hydrogen-bond acceptors (Lipinski definition) is 2. The minimum Gasteiger partial charge on any atom is -0.370 e. The number of hydrogen-bond donors (Lipinski definition) is 2. The molecule has 0 aromatic heterocycles. The van der Waals surface area contributed by atoms with Gasteiger partial charge in [0, 0.05) is 17.3 Å². The molecule has 1 saturated heterocycles. The highest BCUT2D eigenvalue weighted by Crippen LogP contribution is 2.26. The topological polar surface area (TPSA) is 42.8 Å². The first kappa shape index (κ1) is 18.2. The number of carbonyl (C=O) groups is 1. The van der Waals surface area contributed by atoms with Crippen LogP contribution >= 0.6 is 27.5 Å². The Balaban J connectivity index is 1.71. The molecule has 1 saturated carbocycles. The summed E-state index contributed by atoms with van der Waals surface area (Å²) in [7, 11) is 0. The van der Waals surface area contributed by atoms with Crippen LogP contribution in [0.25, 0.3) is 0 Å². The lowest BCUT2D eigenvalue weighted by Crippen LogP contribution is -3.23. The first-order valence-electron chi connectivity index (χ1n) is 8.77. The van der Waals surface area contributed by atoms with Gasteiger partial charge in [-0.2, -0.15) is 0 Å². The van der Waals surface area contributed by atoms with Crippen LogP contribution in [-0.2, 0) is 4.74 Å². The lowest BCUT2D eigenvalue weighted by molar-refractivity contribution is -0.960. The molecule has 1 amide bonds. The van der Waals surface area contributed by atoms with Crippen molar-refractivity contribution in [1.82, 2.24) is 5.32 Å². The van der Waals surface area contributed by atoms with E-state index in [-0.39, 0.29) is 11.4 Å². The molecule has 2 N–H and O–H groups in total. The van der Waals surface area contributed by atoms with E-state index in [0.29, 0.717) is 17.1 Å². The molecular formula is C18H25BrClN2O2+. The zero-order valence-electron chi connectivity index (χ0n) is 13.9. The second-order valence-corrected chi connectivity index (χ2v) is 8.19. The van der Waals surface area contributed by atoms with Gasteiger partial charge in [-0.1, -0.05) is 34.0 Å². The monoisotopic (exact) mass is 415 g/mol. The number of benzene rings is 1. The average Bonchev–Trinajstić information content (AvgIpc) is 2.63. The fourth-order valence-corrected chi connectivity index (χ4v) is 4.61. The van der Waals surface area contributed by atoms with E-state index in [1.165, 1.54) is 32.1 Å². The molecule has 1 aliphatic heterocycles. The van der Waals surface area contributed by atoms with Crippen molar-refractivity contribution in [3.63, 3.8) is 0 Å². The van der Waals surface area contributed by atoms with Crippen molar-refractivity contribution in [2.45, 2.75) is 37.6 Å². The molecule has 2 fully saturated rings. The summed E-state index contributed by atoms with van der Waals surface area (Å²) in [6.07, 6.45) is 6.15. The van der Waals surface area contributed by atoms with Gasteiger partial charge in [-0.25, -0.2) is 0 Å². The third-order valence-electron chi connectivity index (χ3n) is 5.42. The van der Waals surface area contributed by atoms with Crippen molar-refractivity contribution >= 4 is 33.4 Å². The molecule has 0 bridgehead atoms. The summed E-state index contributed by atoms with van der Waals surface area (Å²) in [4.78, 5) is 14.2. The number of quaternary nitrogens is 1. The van der Waals surface area contributed by atoms with Gasteiger partial charge >= 0.3 is 0 Å². The van der Waals surface area contributed by atoms with Gasteiger partial charge in [0.05, 0.1) is 30.3 Å². The molecule has 1 aromatic rings. The van der Waals surface area contributed by atoms with E-state index in [4.69, 9.17) is 16.3 Å². The minimum atomic E-state index is -0.0843. The van der Waals surface area contributed by atoms with E-state index in [0.717, 1.165) is 30.8 Å². The number of amides is 1. The molecule has 0 unspecified atom stereocenters. The van der Waals surface area contributed by atoms with Gasteiger partial charge < -0.3 is 15.0 Å². The van der Waals surface area contributed by atoms with E-state index < -0.39 is 0 Å². The maximum atomic E-state index is 12.6. The second-order valence-electron chi connectivity index (χ2n) is 6.86. The Kier molecular flexibility index (Phi) is 6.19. The van der Waals surface area contributed by atoms with E-state index in [2.05, 4.69) is 21.2 Å². The van der Waals surface area contributed by atoms with E-state index in [1.807, 2.05) is 6.07 Å². The Morgan fingerprint density at radius 3 is 2.67 bits per heavy atom. The number of rotatable bonds is 4. The maximum absolute atomic E-state index is 12.6.